The lowest BCUT2D eigenvalue weighted by atomic mass is 9.83. The highest BCUT2D eigenvalue weighted by atomic mass is 35.5. The van der Waals surface area contributed by atoms with Gasteiger partial charge in [-0.25, -0.2) is 23.1 Å². The van der Waals surface area contributed by atoms with Gasteiger partial charge in [0.25, 0.3) is 11.5 Å². The highest BCUT2D eigenvalue weighted by molar-refractivity contribution is 7.66. The van der Waals surface area contributed by atoms with Crippen LogP contribution in [-0.4, -0.2) is 114 Å². The summed E-state index contributed by atoms with van der Waals surface area (Å²) in [6.45, 7) is 17.4. The molecule has 23 nitrogen and oxygen atoms in total. The molecule has 2 unspecified atom stereocenters. The van der Waals surface area contributed by atoms with Crippen LogP contribution in [0.2, 0.25) is 20.1 Å². The van der Waals surface area contributed by atoms with E-state index in [4.69, 9.17) is 65.7 Å². The lowest BCUT2D eigenvalue weighted by Gasteiger charge is -2.43. The summed E-state index contributed by atoms with van der Waals surface area (Å²) >= 11 is 28.3. The molecule has 83 heavy (non-hydrogen) atoms. The highest BCUT2D eigenvalue weighted by Gasteiger charge is 2.44. The second-order valence-electron chi connectivity index (χ2n) is 21.3. The molecule has 1 saturated heterocycles. The Morgan fingerprint density at radius 2 is 1.58 bits per heavy atom. The maximum Gasteiger partial charge on any atom is 0.490 e. The molecule has 0 aliphatic carbocycles. The van der Waals surface area contributed by atoms with Gasteiger partial charge in [0.05, 0.1) is 55.5 Å². The van der Waals surface area contributed by atoms with E-state index < -0.39 is 71.6 Å². The third kappa shape index (κ3) is 13.5. The number of nitrogens with one attached hydrogen (secondary N) is 2. The average molecular weight is 1290 g/mol. The van der Waals surface area contributed by atoms with Gasteiger partial charge in [0.2, 0.25) is 11.3 Å². The van der Waals surface area contributed by atoms with Gasteiger partial charge in [-0.05, 0) is 77.3 Å². The van der Waals surface area contributed by atoms with Gasteiger partial charge < -0.3 is 49.3 Å². The SMILES string of the molecule is CCN1c2cc3c(cc2C(C)=CC1(C)C)C(c1c(Cl)c(Cl)c(Cl)c(Cl)c1C(=O)N(C)CCCC(=O)NC/C=C/c1cn([C@H]2C[C@H](O)[C@@H](COP(=O)(O)OP(=O)(O)OP(=O)(O)O)O2)c(=O)[nH]c1=O)=c1cc2c(cc1O3)=[N+](CC)C(C)(C)C=C2C. The maximum absolute atomic E-state index is 15.1. The number of fused-ring (bicyclic) bond motifs is 4. The quantitative estimate of drug-likeness (QED) is 0.0179. The van der Waals surface area contributed by atoms with Crippen LogP contribution in [0.15, 0.2) is 58.3 Å². The Bertz CT molecular complexity index is 3880. The Balaban J connectivity index is 1.00. The van der Waals surface area contributed by atoms with Crippen molar-refractivity contribution in [1.82, 2.24) is 24.3 Å². The number of ether oxygens (including phenoxy) is 2. The number of anilines is 1. The number of carbonyl (C=O) groups is 2. The maximum atomic E-state index is 15.1. The molecule has 0 spiro atoms. The number of phosphoric ester groups is 1. The first kappa shape index (κ1) is 64.3. The van der Waals surface area contributed by atoms with E-state index in [2.05, 4.69) is 113 Å². The van der Waals surface area contributed by atoms with Crippen molar-refractivity contribution in [3.8, 4) is 11.5 Å². The van der Waals surface area contributed by atoms with E-state index in [-0.39, 0.29) is 80.2 Å². The topological polar surface area (TPSA) is 309 Å². The van der Waals surface area contributed by atoms with Crippen LogP contribution in [0.5, 0.6) is 11.5 Å². The molecular formula is C53H62Cl4N6O17P3+. The van der Waals surface area contributed by atoms with Crippen molar-refractivity contribution in [1.29, 1.82) is 0 Å². The predicted molar refractivity (Wildman–Crippen MR) is 314 cm³/mol. The Morgan fingerprint density at radius 1 is 0.904 bits per heavy atom. The van der Waals surface area contributed by atoms with E-state index >= 15 is 4.79 Å². The van der Waals surface area contributed by atoms with Crippen LogP contribution in [0.1, 0.15) is 119 Å². The van der Waals surface area contributed by atoms with E-state index in [1.165, 1.54) is 17.1 Å². The van der Waals surface area contributed by atoms with Crippen LogP contribution in [0, 0.1) is 0 Å². The number of aliphatic hydroxyl groups is 1. The number of benzene rings is 3. The number of hydrogen-bond donors (Lipinski definition) is 7. The number of H-pyrrole nitrogens is 1. The summed E-state index contributed by atoms with van der Waals surface area (Å²) in [5.74, 6) is 0.0815. The standard InChI is InChI=1S/C53H61Cl4N6O17P3/c1-10-62-34-20-37-32(18-30(34)27(3)23-52(62,5)6)42(33-19-31-28(4)24-53(7,8)63(11-2)35(31)21-38(33)77-37)43-44(46(55)48(57)47(56)45(43)54)50(67)60(9)17-13-15-40(65)58-16-12-14-29-25-61(51(68)59-49(29)66)41-22-36(64)39(78-41)26-76-82(72,73)80-83(74,75)79-81(69,70)71/h12,14,18-21,23-25,36,39,41,64H,10-11,13,15-17,22,26H2,1-9H3,(H5-,58,59,65,66,68,69,70,71,72,73,74,75)/p+1/b14-12+/t36-,39+,41+/m0/s1. The molecule has 0 radical (unpaired) electrons. The first-order chi connectivity index (χ1) is 38.6. The average Bonchev–Trinajstić information content (AvgIpc) is 2.41. The van der Waals surface area contributed by atoms with Gasteiger partial charge in [-0.15, -0.1) is 0 Å². The number of carbonyl (C=O) groups excluding carboxylic acids is 2. The number of aromatic amines is 1. The molecule has 1 aromatic heterocycles. The fourth-order valence-electron chi connectivity index (χ4n) is 11.1. The summed E-state index contributed by atoms with van der Waals surface area (Å²) in [5.41, 5.74) is 3.90. The molecular weight excluding hydrogens is 1230 g/mol. The second kappa shape index (κ2) is 24.2. The van der Waals surface area contributed by atoms with Crippen LogP contribution in [0.3, 0.4) is 0 Å². The summed E-state index contributed by atoms with van der Waals surface area (Å²) in [5, 5.41) is 14.6. The summed E-state index contributed by atoms with van der Waals surface area (Å²) < 4.78 is 62.5. The molecule has 7 N–H and O–H groups in total. The third-order valence-electron chi connectivity index (χ3n) is 14.6. The summed E-state index contributed by atoms with van der Waals surface area (Å²) in [6.07, 6.45) is 3.85. The molecule has 8 rings (SSSR count). The second-order valence-corrected chi connectivity index (χ2v) is 27.2. The van der Waals surface area contributed by atoms with E-state index in [0.29, 0.717) is 40.9 Å². The van der Waals surface area contributed by atoms with Gasteiger partial charge in [-0.3, -0.25) is 28.5 Å². The van der Waals surface area contributed by atoms with Gasteiger partial charge in [-0.2, -0.15) is 8.62 Å². The number of allylic oxidation sites excluding steroid dienone is 2. The fraction of sp³-hybridized carbons (Fsp3) is 0.415. The van der Waals surface area contributed by atoms with Gasteiger partial charge in [0, 0.05) is 104 Å². The zero-order valence-corrected chi connectivity index (χ0v) is 52.1. The molecule has 5 heterocycles. The molecule has 2 amide bonds. The van der Waals surface area contributed by atoms with Crippen molar-refractivity contribution in [3.05, 3.63) is 134 Å². The number of aliphatic hydroxyl groups excluding tert-OH is 1. The van der Waals surface area contributed by atoms with Crippen LogP contribution >= 0.6 is 69.9 Å². The summed E-state index contributed by atoms with van der Waals surface area (Å²) in [6, 6.07) is 8.18. The van der Waals surface area contributed by atoms with Crippen molar-refractivity contribution in [2.75, 3.05) is 44.7 Å². The molecule has 4 aliphatic heterocycles. The predicted octanol–water partition coefficient (Wildman–Crippen LogP) is 7.91. The van der Waals surface area contributed by atoms with Crippen LogP contribution in [-0.2, 0) is 36.4 Å². The molecule has 5 atom stereocenters. The van der Waals surface area contributed by atoms with Gasteiger partial charge in [0.1, 0.15) is 30.4 Å². The van der Waals surface area contributed by atoms with Crippen molar-refractivity contribution in [2.45, 2.75) is 104 Å². The van der Waals surface area contributed by atoms with Crippen LogP contribution < -0.4 is 41.4 Å². The number of hydrogen-bond acceptors (Lipinski definition) is 14. The highest BCUT2D eigenvalue weighted by Crippen LogP contribution is 2.66. The molecule has 0 saturated carbocycles. The lowest BCUT2D eigenvalue weighted by molar-refractivity contribution is -0.121. The molecule has 0 bridgehead atoms. The third-order valence-corrected chi connectivity index (χ3v) is 20.2. The minimum absolute atomic E-state index is 0.00428. The zero-order valence-electron chi connectivity index (χ0n) is 46.4. The van der Waals surface area contributed by atoms with Gasteiger partial charge >= 0.3 is 29.2 Å². The number of nitrogens with zero attached hydrogens (tertiary/aromatic N) is 4. The Morgan fingerprint density at radius 3 is 2.24 bits per heavy atom. The van der Waals surface area contributed by atoms with Crippen LogP contribution in [0.4, 0.5) is 5.69 Å². The molecule has 4 aliphatic rings. The Hall–Kier alpha value is -4.74. The van der Waals surface area contributed by atoms with E-state index in [9.17, 15) is 43.0 Å². The Labute approximate surface area is 496 Å². The van der Waals surface area contributed by atoms with Crippen molar-refractivity contribution in [3.63, 3.8) is 0 Å². The molecule has 4 aromatic rings. The summed E-state index contributed by atoms with van der Waals surface area (Å²) in [7, 11) is -15.5. The Kier molecular flexibility index (Phi) is 18.7. The fourth-order valence-corrected chi connectivity index (χ4v) is 15.1. The van der Waals surface area contributed by atoms with Crippen molar-refractivity contribution >= 4 is 110 Å². The number of likely N-dealkylation sites (N-methyl/N-ethyl adjacent to an activating group) is 2. The summed E-state index contributed by atoms with van der Waals surface area (Å²) in [4.78, 5) is 96.3. The van der Waals surface area contributed by atoms with E-state index in [1.54, 1.807) is 7.05 Å². The zero-order chi connectivity index (χ0) is 61.2. The number of halogens is 4. The van der Waals surface area contributed by atoms with Gasteiger partial charge in [0.15, 0.2) is 5.54 Å². The number of amides is 2. The molecule has 3 aromatic carbocycles. The van der Waals surface area contributed by atoms with Crippen LogP contribution in [0.25, 0.3) is 22.8 Å². The minimum Gasteiger partial charge on any atom is -0.456 e. The van der Waals surface area contributed by atoms with Crippen molar-refractivity contribution in [2.24, 2.45) is 0 Å². The van der Waals surface area contributed by atoms with Crippen molar-refractivity contribution < 1.29 is 70.6 Å². The smallest absolute Gasteiger partial charge is 0.456 e. The molecule has 448 valence electrons. The number of phosphoric acid groups is 3. The largest absolute Gasteiger partial charge is 0.490 e. The van der Waals surface area contributed by atoms with E-state index in [1.807, 2.05) is 12.1 Å². The van der Waals surface area contributed by atoms with Gasteiger partial charge in [-0.1, -0.05) is 64.6 Å². The monoisotopic (exact) mass is 1290 g/mol. The molecule has 1 fully saturated rings. The lowest BCUT2D eigenvalue weighted by Crippen LogP contribution is -2.49. The minimum atomic E-state index is -5.82. The number of rotatable bonds is 19. The number of aromatic nitrogens is 2. The molecule has 30 heteroatoms. The normalized spacial score (nSPS) is 20.3. The first-order valence-corrected chi connectivity index (χ1v) is 32.0. The van der Waals surface area contributed by atoms with E-state index in [0.717, 1.165) is 44.1 Å². The first-order valence-electron chi connectivity index (χ1n) is 26.0.